The van der Waals surface area contributed by atoms with E-state index in [4.69, 9.17) is 37.7 Å². The molecule has 2 N–H and O–H groups in total. The van der Waals surface area contributed by atoms with Crippen molar-refractivity contribution in [1.29, 1.82) is 0 Å². The molecule has 0 fully saturated rings. The first kappa shape index (κ1) is 21.3. The van der Waals surface area contributed by atoms with Gasteiger partial charge in [0.2, 0.25) is 6.79 Å². The highest BCUT2D eigenvalue weighted by Gasteiger charge is 2.20. The Kier molecular flexibility index (Phi) is 5.66. The van der Waals surface area contributed by atoms with Crippen molar-refractivity contribution >= 4 is 29.1 Å². The first-order chi connectivity index (χ1) is 16.0. The molecule has 7 nitrogen and oxygen atoms in total. The van der Waals surface area contributed by atoms with Gasteiger partial charge in [-0.05, 0) is 55.5 Å². The monoisotopic (exact) mass is 480 g/mol. The maximum atomic E-state index is 12.6. The number of ether oxygens (including phenoxy) is 2. The molecule has 2 aromatic heterocycles. The lowest BCUT2D eigenvalue weighted by Gasteiger charge is -2.05. The van der Waals surface area contributed by atoms with E-state index >= 15 is 0 Å². The fraction of sp³-hybridized carbons (Fsp3) is 0.125. The molecule has 4 aromatic rings. The molecular weight excluding hydrogens is 463 g/mol. The van der Waals surface area contributed by atoms with Crippen LogP contribution in [0.25, 0.3) is 22.6 Å². The van der Waals surface area contributed by atoms with Crippen LogP contribution in [0.3, 0.4) is 0 Å². The molecule has 1 aliphatic rings. The number of rotatable bonds is 5. The zero-order chi connectivity index (χ0) is 22.9. The summed E-state index contributed by atoms with van der Waals surface area (Å²) in [6.07, 6.45) is 0. The van der Waals surface area contributed by atoms with Gasteiger partial charge in [0.25, 0.3) is 5.91 Å². The number of aryl methyl sites for hydroxylation is 1. The molecule has 0 saturated carbocycles. The van der Waals surface area contributed by atoms with E-state index < -0.39 is 0 Å². The Morgan fingerprint density at radius 2 is 1.82 bits per heavy atom. The van der Waals surface area contributed by atoms with Crippen LogP contribution in [-0.2, 0) is 6.54 Å². The highest BCUT2D eigenvalue weighted by atomic mass is 35.5. The molecule has 1 aliphatic heterocycles. The van der Waals surface area contributed by atoms with E-state index in [2.05, 4.69) is 15.3 Å². The van der Waals surface area contributed by atoms with Crippen LogP contribution in [0.4, 0.5) is 0 Å². The van der Waals surface area contributed by atoms with Crippen LogP contribution in [0.1, 0.15) is 21.9 Å². The number of imidazole rings is 1. The molecule has 0 saturated heterocycles. The molecule has 9 heteroatoms. The van der Waals surface area contributed by atoms with E-state index in [1.165, 1.54) is 0 Å². The van der Waals surface area contributed by atoms with Gasteiger partial charge in [0.1, 0.15) is 5.82 Å². The van der Waals surface area contributed by atoms with Gasteiger partial charge in [0.15, 0.2) is 11.5 Å². The predicted molar refractivity (Wildman–Crippen MR) is 126 cm³/mol. The molecule has 0 radical (unpaired) electrons. The lowest BCUT2D eigenvalue weighted by Crippen LogP contribution is -2.23. The summed E-state index contributed by atoms with van der Waals surface area (Å²) in [5.74, 6) is 1.61. The van der Waals surface area contributed by atoms with Crippen molar-refractivity contribution in [3.63, 3.8) is 0 Å². The Hall–Kier alpha value is -3.55. The van der Waals surface area contributed by atoms with E-state index in [9.17, 15) is 4.79 Å². The second-order valence-electron chi connectivity index (χ2n) is 7.48. The molecular formula is C24H18Cl2N4O3. The number of aromatic nitrogens is 3. The summed E-state index contributed by atoms with van der Waals surface area (Å²) in [7, 11) is 0. The third-order valence-corrected chi connectivity index (χ3v) is 5.52. The number of H-pyrrole nitrogens is 1. The SMILES string of the molecule is Cc1cccc(-c2[nH]c(CNC(=O)c3cc(Cl)cc(Cl)c3)nc2-c2ccc3c(c2)OCO3)n1. The van der Waals surface area contributed by atoms with Crippen molar-refractivity contribution in [1.82, 2.24) is 20.3 Å². The Bertz CT molecular complexity index is 1350. The maximum Gasteiger partial charge on any atom is 0.251 e. The maximum absolute atomic E-state index is 12.6. The number of benzene rings is 2. The van der Waals surface area contributed by atoms with Crippen LogP contribution in [0.2, 0.25) is 10.0 Å². The van der Waals surface area contributed by atoms with Crippen LogP contribution in [0.5, 0.6) is 11.5 Å². The summed E-state index contributed by atoms with van der Waals surface area (Å²) >= 11 is 12.0. The predicted octanol–water partition coefficient (Wildman–Crippen LogP) is 5.41. The van der Waals surface area contributed by atoms with Gasteiger partial charge in [-0.25, -0.2) is 4.98 Å². The van der Waals surface area contributed by atoms with Gasteiger partial charge in [-0.2, -0.15) is 0 Å². The Morgan fingerprint density at radius 3 is 2.61 bits per heavy atom. The fourth-order valence-corrected chi connectivity index (χ4v) is 4.10. The summed E-state index contributed by atoms with van der Waals surface area (Å²) < 4.78 is 10.9. The number of nitrogens with zero attached hydrogens (tertiary/aromatic N) is 2. The second-order valence-corrected chi connectivity index (χ2v) is 8.35. The van der Waals surface area contributed by atoms with E-state index in [0.29, 0.717) is 38.6 Å². The summed E-state index contributed by atoms with van der Waals surface area (Å²) in [5, 5.41) is 3.64. The molecule has 0 aliphatic carbocycles. The third-order valence-electron chi connectivity index (χ3n) is 5.08. The number of halogens is 2. The first-order valence-electron chi connectivity index (χ1n) is 10.1. The molecule has 0 unspecified atom stereocenters. The fourth-order valence-electron chi connectivity index (χ4n) is 3.58. The lowest BCUT2D eigenvalue weighted by molar-refractivity contribution is 0.0950. The Labute approximate surface area is 199 Å². The van der Waals surface area contributed by atoms with Crippen LogP contribution in [-0.4, -0.2) is 27.7 Å². The van der Waals surface area contributed by atoms with Gasteiger partial charge >= 0.3 is 0 Å². The van der Waals surface area contributed by atoms with Crippen LogP contribution < -0.4 is 14.8 Å². The van der Waals surface area contributed by atoms with Crippen LogP contribution in [0, 0.1) is 6.92 Å². The van der Waals surface area contributed by atoms with Gasteiger partial charge in [-0.1, -0.05) is 29.3 Å². The highest BCUT2D eigenvalue weighted by Crippen LogP contribution is 2.38. The van der Waals surface area contributed by atoms with Crippen molar-refractivity contribution in [2.45, 2.75) is 13.5 Å². The number of amides is 1. The summed E-state index contributed by atoms with van der Waals surface area (Å²) in [6, 6.07) is 16.1. The van der Waals surface area contributed by atoms with Crippen LogP contribution >= 0.6 is 23.2 Å². The Balaban J connectivity index is 1.47. The normalized spacial score (nSPS) is 12.1. The number of pyridine rings is 1. The minimum Gasteiger partial charge on any atom is -0.454 e. The Morgan fingerprint density at radius 1 is 1.03 bits per heavy atom. The molecule has 3 heterocycles. The molecule has 0 bridgehead atoms. The van der Waals surface area contributed by atoms with Gasteiger partial charge in [-0.3, -0.25) is 9.78 Å². The van der Waals surface area contributed by atoms with E-state index in [0.717, 1.165) is 22.6 Å². The van der Waals surface area contributed by atoms with Crippen molar-refractivity contribution in [3.8, 4) is 34.1 Å². The number of aromatic amines is 1. The highest BCUT2D eigenvalue weighted by molar-refractivity contribution is 6.35. The second kappa shape index (κ2) is 8.77. The molecule has 166 valence electrons. The van der Waals surface area contributed by atoms with Gasteiger partial charge in [0.05, 0.1) is 23.6 Å². The minimum atomic E-state index is -0.310. The topological polar surface area (TPSA) is 89.1 Å². The number of nitrogens with one attached hydrogen (secondary N) is 2. The average Bonchev–Trinajstić information content (AvgIpc) is 3.43. The van der Waals surface area contributed by atoms with Crippen molar-refractivity contribution in [3.05, 3.63) is 81.7 Å². The van der Waals surface area contributed by atoms with Crippen molar-refractivity contribution in [2.75, 3.05) is 6.79 Å². The van der Waals surface area contributed by atoms with Crippen molar-refractivity contribution in [2.24, 2.45) is 0 Å². The third kappa shape index (κ3) is 4.51. The minimum absolute atomic E-state index is 0.173. The van der Waals surface area contributed by atoms with Gasteiger partial charge < -0.3 is 19.8 Å². The largest absolute Gasteiger partial charge is 0.454 e. The lowest BCUT2D eigenvalue weighted by atomic mass is 10.1. The van der Waals surface area contributed by atoms with E-state index in [-0.39, 0.29) is 19.2 Å². The molecule has 2 aromatic carbocycles. The standard InChI is InChI=1S/C24H18Cl2N4O3/c1-13-3-2-4-18(28-13)23-22(14-5-6-19-20(9-14)33-12-32-19)29-21(30-23)11-27-24(31)15-7-16(25)10-17(26)8-15/h2-10H,11-12H2,1H3,(H,27,31)(H,29,30). The summed E-state index contributed by atoms with van der Waals surface area (Å²) in [4.78, 5) is 25.3. The quantitative estimate of drug-likeness (QED) is 0.398. The number of hydrogen-bond acceptors (Lipinski definition) is 5. The van der Waals surface area contributed by atoms with E-state index in [1.807, 2.05) is 43.3 Å². The average molecular weight is 481 g/mol. The number of fused-ring (bicyclic) bond motifs is 1. The van der Waals surface area contributed by atoms with E-state index in [1.54, 1.807) is 18.2 Å². The smallest absolute Gasteiger partial charge is 0.251 e. The molecule has 0 spiro atoms. The number of hydrogen-bond donors (Lipinski definition) is 2. The first-order valence-corrected chi connectivity index (χ1v) is 10.9. The molecule has 0 atom stereocenters. The summed E-state index contributed by atoms with van der Waals surface area (Å²) in [6.45, 7) is 2.29. The molecule has 33 heavy (non-hydrogen) atoms. The summed E-state index contributed by atoms with van der Waals surface area (Å²) in [5.41, 5.74) is 4.28. The molecule has 1 amide bonds. The zero-order valence-corrected chi connectivity index (χ0v) is 19.0. The van der Waals surface area contributed by atoms with Gasteiger partial charge in [-0.15, -0.1) is 0 Å². The molecule has 5 rings (SSSR count). The van der Waals surface area contributed by atoms with Gasteiger partial charge in [0, 0.05) is 26.9 Å². The number of carbonyl (C=O) groups excluding carboxylic acids is 1. The van der Waals surface area contributed by atoms with Crippen molar-refractivity contribution < 1.29 is 14.3 Å². The number of carbonyl (C=O) groups is 1. The zero-order valence-electron chi connectivity index (χ0n) is 17.5. The van der Waals surface area contributed by atoms with Crippen LogP contribution in [0.15, 0.2) is 54.6 Å².